The number of piperidine rings is 1. The Balaban J connectivity index is 1.50. The second-order valence-corrected chi connectivity index (χ2v) is 8.52. The van der Waals surface area contributed by atoms with Crippen molar-refractivity contribution in [3.05, 3.63) is 46.2 Å². The van der Waals surface area contributed by atoms with E-state index in [1.807, 2.05) is 6.92 Å². The highest BCUT2D eigenvalue weighted by molar-refractivity contribution is 7.20. The van der Waals surface area contributed by atoms with Crippen LogP contribution in [0, 0.1) is 6.92 Å². The van der Waals surface area contributed by atoms with Gasteiger partial charge in [0.2, 0.25) is 0 Å². The molecule has 5 nitrogen and oxygen atoms in total. The van der Waals surface area contributed by atoms with E-state index in [0.29, 0.717) is 5.92 Å². The highest BCUT2D eigenvalue weighted by atomic mass is 32.1. The van der Waals surface area contributed by atoms with Gasteiger partial charge in [-0.2, -0.15) is 0 Å². The van der Waals surface area contributed by atoms with E-state index in [4.69, 9.17) is 9.97 Å². The maximum Gasteiger partial charge on any atom is 0.133 e. The van der Waals surface area contributed by atoms with Gasteiger partial charge in [0, 0.05) is 31.0 Å². The van der Waals surface area contributed by atoms with Crippen molar-refractivity contribution in [2.45, 2.75) is 32.2 Å². The topological polar surface area (TPSA) is 53.9 Å². The molecular weight excluding hydrogens is 362 g/mol. The van der Waals surface area contributed by atoms with Crippen molar-refractivity contribution in [3.8, 4) is 9.88 Å². The van der Waals surface area contributed by atoms with Gasteiger partial charge in [-0.05, 0) is 37.8 Å². The largest absolute Gasteiger partial charge is 0.354 e. The summed E-state index contributed by atoms with van der Waals surface area (Å²) >= 11 is 3.44. The van der Waals surface area contributed by atoms with Gasteiger partial charge in [-0.1, -0.05) is 6.07 Å². The number of nitrogens with zero attached hydrogens (tertiary/aromatic N) is 4. The fourth-order valence-electron chi connectivity index (χ4n) is 3.30. The van der Waals surface area contributed by atoms with Crippen molar-refractivity contribution < 1.29 is 0 Å². The van der Waals surface area contributed by atoms with Gasteiger partial charge >= 0.3 is 0 Å². The molecule has 1 atom stereocenters. The van der Waals surface area contributed by atoms with Crippen LogP contribution in [0.5, 0.6) is 0 Å². The minimum absolute atomic E-state index is 0.488. The first-order chi connectivity index (χ1) is 12.7. The van der Waals surface area contributed by atoms with E-state index in [0.717, 1.165) is 47.7 Å². The number of rotatable bonds is 5. The van der Waals surface area contributed by atoms with E-state index in [1.165, 1.54) is 17.7 Å². The maximum absolute atomic E-state index is 4.79. The number of thiophene rings is 1. The summed E-state index contributed by atoms with van der Waals surface area (Å²) < 4.78 is 0. The van der Waals surface area contributed by atoms with Crippen molar-refractivity contribution >= 4 is 28.5 Å². The third kappa shape index (κ3) is 3.95. The summed E-state index contributed by atoms with van der Waals surface area (Å²) in [6.07, 6.45) is 2.41. The molecule has 4 rings (SSSR count). The average molecular weight is 386 g/mol. The molecular formula is C19H23N5S2. The Labute approximate surface area is 162 Å². The predicted molar refractivity (Wildman–Crippen MR) is 109 cm³/mol. The van der Waals surface area contributed by atoms with Crippen molar-refractivity contribution in [1.29, 1.82) is 0 Å². The smallest absolute Gasteiger partial charge is 0.133 e. The lowest BCUT2D eigenvalue weighted by Crippen LogP contribution is -2.29. The van der Waals surface area contributed by atoms with Crippen LogP contribution >= 0.6 is 22.7 Å². The highest BCUT2D eigenvalue weighted by Crippen LogP contribution is 2.29. The Morgan fingerprint density at radius 3 is 2.96 bits per heavy atom. The molecule has 0 amide bonds. The molecule has 1 saturated heterocycles. The lowest BCUT2D eigenvalue weighted by atomic mass is 9.96. The molecule has 7 heteroatoms. The van der Waals surface area contributed by atoms with Gasteiger partial charge in [0.1, 0.15) is 16.6 Å². The minimum Gasteiger partial charge on any atom is -0.354 e. The van der Waals surface area contributed by atoms with Crippen LogP contribution < -0.4 is 10.2 Å². The molecule has 136 valence electrons. The van der Waals surface area contributed by atoms with Gasteiger partial charge in [0.25, 0.3) is 0 Å². The third-order valence-electron chi connectivity index (χ3n) is 4.63. The number of aromatic nitrogens is 3. The average Bonchev–Trinajstić information content (AvgIpc) is 3.33. The lowest BCUT2D eigenvalue weighted by Gasteiger charge is -2.24. The van der Waals surface area contributed by atoms with E-state index in [1.54, 1.807) is 22.7 Å². The quantitative estimate of drug-likeness (QED) is 0.717. The monoisotopic (exact) mass is 385 g/mol. The second-order valence-electron chi connectivity index (χ2n) is 6.72. The van der Waals surface area contributed by atoms with Crippen molar-refractivity contribution in [2.75, 3.05) is 25.0 Å². The van der Waals surface area contributed by atoms with Crippen LogP contribution in [-0.2, 0) is 6.54 Å². The standard InChI is InChI=1S/C19H23N5S2/c1-13-21-16(14-5-3-7-20-10-14)9-18(22-13)24(2)11-15-12-26-19(23-15)17-6-4-8-25-17/h4,6,8-9,12,14,20H,3,5,7,10-11H2,1-2H3. The van der Waals surface area contributed by atoms with E-state index in [9.17, 15) is 0 Å². The Morgan fingerprint density at radius 2 is 2.19 bits per heavy atom. The van der Waals surface area contributed by atoms with Gasteiger partial charge in [-0.15, -0.1) is 22.7 Å². The summed E-state index contributed by atoms with van der Waals surface area (Å²) in [5.74, 6) is 2.30. The molecule has 1 unspecified atom stereocenters. The number of hydrogen-bond acceptors (Lipinski definition) is 7. The summed E-state index contributed by atoms with van der Waals surface area (Å²) in [7, 11) is 2.08. The normalized spacial score (nSPS) is 17.4. The molecule has 0 bridgehead atoms. The van der Waals surface area contributed by atoms with E-state index < -0.39 is 0 Å². The van der Waals surface area contributed by atoms with Gasteiger partial charge in [-0.3, -0.25) is 0 Å². The highest BCUT2D eigenvalue weighted by Gasteiger charge is 2.19. The first kappa shape index (κ1) is 17.6. The molecule has 3 aromatic rings. The molecule has 1 aliphatic heterocycles. The van der Waals surface area contributed by atoms with Crippen LogP contribution in [-0.4, -0.2) is 35.1 Å². The molecule has 1 fully saturated rings. The van der Waals surface area contributed by atoms with Crippen molar-refractivity contribution in [2.24, 2.45) is 0 Å². The molecule has 3 aromatic heterocycles. The Kier molecular flexibility index (Phi) is 5.28. The molecule has 4 heterocycles. The molecule has 0 aromatic carbocycles. The number of thiazole rings is 1. The first-order valence-electron chi connectivity index (χ1n) is 8.95. The van der Waals surface area contributed by atoms with Crippen LogP contribution in [0.15, 0.2) is 29.0 Å². The van der Waals surface area contributed by atoms with Gasteiger partial charge in [-0.25, -0.2) is 15.0 Å². The molecule has 1 aliphatic rings. The van der Waals surface area contributed by atoms with E-state index in [2.05, 4.69) is 51.2 Å². The SMILES string of the molecule is Cc1nc(C2CCCNC2)cc(N(C)Cc2csc(-c3cccs3)n2)n1. The predicted octanol–water partition coefficient (Wildman–Crippen LogP) is 4.07. The first-order valence-corrected chi connectivity index (χ1v) is 10.7. The minimum atomic E-state index is 0.488. The molecule has 0 saturated carbocycles. The zero-order chi connectivity index (χ0) is 17.9. The lowest BCUT2D eigenvalue weighted by molar-refractivity contribution is 0.453. The van der Waals surface area contributed by atoms with Crippen LogP contribution in [0.2, 0.25) is 0 Å². The van der Waals surface area contributed by atoms with Crippen LogP contribution in [0.25, 0.3) is 9.88 Å². The summed E-state index contributed by atoms with van der Waals surface area (Å²) in [6.45, 7) is 4.86. The van der Waals surface area contributed by atoms with Crippen LogP contribution in [0.1, 0.15) is 36.0 Å². The van der Waals surface area contributed by atoms with Crippen molar-refractivity contribution in [1.82, 2.24) is 20.3 Å². The van der Waals surface area contributed by atoms with E-state index >= 15 is 0 Å². The molecule has 1 N–H and O–H groups in total. The Hall–Kier alpha value is -1.83. The van der Waals surface area contributed by atoms with Crippen molar-refractivity contribution in [3.63, 3.8) is 0 Å². The maximum atomic E-state index is 4.79. The Morgan fingerprint density at radius 1 is 1.27 bits per heavy atom. The fraction of sp³-hybridized carbons (Fsp3) is 0.421. The van der Waals surface area contributed by atoms with E-state index in [-0.39, 0.29) is 0 Å². The summed E-state index contributed by atoms with van der Waals surface area (Å²) in [6, 6.07) is 6.34. The number of nitrogens with one attached hydrogen (secondary N) is 1. The summed E-state index contributed by atoms with van der Waals surface area (Å²) in [5.41, 5.74) is 2.24. The molecule has 0 aliphatic carbocycles. The molecule has 26 heavy (non-hydrogen) atoms. The Bertz CT molecular complexity index is 853. The van der Waals surface area contributed by atoms with Crippen LogP contribution in [0.3, 0.4) is 0 Å². The third-order valence-corrected chi connectivity index (χ3v) is 6.56. The van der Waals surface area contributed by atoms with Gasteiger partial charge < -0.3 is 10.2 Å². The second kappa shape index (κ2) is 7.82. The summed E-state index contributed by atoms with van der Waals surface area (Å²) in [5, 5.41) is 8.81. The molecule has 0 radical (unpaired) electrons. The molecule has 0 spiro atoms. The number of hydrogen-bond donors (Lipinski definition) is 1. The number of aryl methyl sites for hydroxylation is 1. The zero-order valence-electron chi connectivity index (χ0n) is 15.1. The summed E-state index contributed by atoms with van der Waals surface area (Å²) in [4.78, 5) is 17.5. The van der Waals surface area contributed by atoms with Gasteiger partial charge in [0.15, 0.2) is 0 Å². The fourth-order valence-corrected chi connectivity index (χ4v) is 4.93. The van der Waals surface area contributed by atoms with Gasteiger partial charge in [0.05, 0.1) is 22.8 Å². The van der Waals surface area contributed by atoms with Crippen LogP contribution in [0.4, 0.5) is 5.82 Å². The number of anilines is 1. The zero-order valence-corrected chi connectivity index (χ0v) is 16.7.